The van der Waals surface area contributed by atoms with Crippen LogP contribution in [0.4, 0.5) is 0 Å². The predicted octanol–water partition coefficient (Wildman–Crippen LogP) is 3.37. The quantitative estimate of drug-likeness (QED) is 0.705. The SMILES string of the molecule is CCc1ncccc1-c1cccs1. The van der Waals surface area contributed by atoms with Crippen molar-refractivity contribution in [3.8, 4) is 10.4 Å². The molecule has 2 heteroatoms. The lowest BCUT2D eigenvalue weighted by Gasteiger charge is -2.02. The Labute approximate surface area is 82.1 Å². The first-order valence-corrected chi connectivity index (χ1v) is 5.27. The number of pyridine rings is 1. The number of rotatable bonds is 2. The van der Waals surface area contributed by atoms with Crippen molar-refractivity contribution in [1.82, 2.24) is 4.98 Å². The summed E-state index contributed by atoms with van der Waals surface area (Å²) in [6.45, 7) is 2.14. The van der Waals surface area contributed by atoms with Gasteiger partial charge in [0.25, 0.3) is 0 Å². The van der Waals surface area contributed by atoms with Crippen LogP contribution in [0.25, 0.3) is 10.4 Å². The Morgan fingerprint density at radius 3 is 2.92 bits per heavy atom. The molecule has 0 bridgehead atoms. The minimum absolute atomic E-state index is 0.994. The molecule has 2 rings (SSSR count). The molecular formula is C11H11NS. The minimum Gasteiger partial charge on any atom is -0.261 e. The van der Waals surface area contributed by atoms with Gasteiger partial charge >= 0.3 is 0 Å². The molecule has 0 spiro atoms. The molecule has 0 atom stereocenters. The lowest BCUT2D eigenvalue weighted by molar-refractivity contribution is 1.04. The topological polar surface area (TPSA) is 12.9 Å². The molecule has 0 radical (unpaired) electrons. The van der Waals surface area contributed by atoms with Crippen molar-refractivity contribution < 1.29 is 0 Å². The highest BCUT2D eigenvalue weighted by Gasteiger charge is 2.03. The molecule has 0 saturated heterocycles. The Morgan fingerprint density at radius 1 is 1.31 bits per heavy atom. The van der Waals surface area contributed by atoms with Gasteiger partial charge in [-0.05, 0) is 23.9 Å². The van der Waals surface area contributed by atoms with Crippen LogP contribution in [0.2, 0.25) is 0 Å². The smallest absolute Gasteiger partial charge is 0.0487 e. The standard InChI is InChI=1S/C11H11NS/c1-2-10-9(5-3-7-12-10)11-6-4-8-13-11/h3-8H,2H2,1H3. The molecule has 66 valence electrons. The number of aryl methyl sites for hydroxylation is 1. The molecule has 0 amide bonds. The summed E-state index contributed by atoms with van der Waals surface area (Å²) in [6.07, 6.45) is 2.85. The van der Waals surface area contributed by atoms with Gasteiger partial charge < -0.3 is 0 Å². The van der Waals surface area contributed by atoms with Crippen LogP contribution in [0.5, 0.6) is 0 Å². The molecule has 2 aromatic rings. The molecule has 0 fully saturated rings. The highest BCUT2D eigenvalue weighted by molar-refractivity contribution is 7.13. The zero-order valence-corrected chi connectivity index (χ0v) is 8.34. The maximum Gasteiger partial charge on any atom is 0.0487 e. The molecular weight excluding hydrogens is 178 g/mol. The third kappa shape index (κ3) is 1.63. The molecule has 0 aromatic carbocycles. The maximum absolute atomic E-state index is 4.36. The Morgan fingerprint density at radius 2 is 2.23 bits per heavy atom. The Hall–Kier alpha value is -1.15. The Balaban J connectivity index is 2.51. The lowest BCUT2D eigenvalue weighted by Crippen LogP contribution is -1.88. The van der Waals surface area contributed by atoms with Crippen molar-refractivity contribution in [2.75, 3.05) is 0 Å². The van der Waals surface area contributed by atoms with Crippen LogP contribution in [0.1, 0.15) is 12.6 Å². The largest absolute Gasteiger partial charge is 0.261 e. The second-order valence-corrected chi connectivity index (χ2v) is 3.78. The molecule has 2 aromatic heterocycles. The van der Waals surface area contributed by atoms with E-state index in [0.29, 0.717) is 0 Å². The predicted molar refractivity (Wildman–Crippen MR) is 56.9 cm³/mol. The number of hydrogen-bond acceptors (Lipinski definition) is 2. The summed E-state index contributed by atoms with van der Waals surface area (Å²) >= 11 is 1.77. The third-order valence-electron chi connectivity index (χ3n) is 2.01. The van der Waals surface area contributed by atoms with Gasteiger partial charge in [0.05, 0.1) is 0 Å². The summed E-state index contributed by atoms with van der Waals surface area (Å²) in [4.78, 5) is 5.67. The van der Waals surface area contributed by atoms with Crippen molar-refractivity contribution in [2.45, 2.75) is 13.3 Å². The van der Waals surface area contributed by atoms with E-state index in [1.54, 1.807) is 11.3 Å². The van der Waals surface area contributed by atoms with E-state index < -0.39 is 0 Å². The lowest BCUT2D eigenvalue weighted by atomic mass is 10.1. The van der Waals surface area contributed by atoms with Gasteiger partial charge in [-0.3, -0.25) is 4.98 Å². The van der Waals surface area contributed by atoms with Gasteiger partial charge in [-0.1, -0.05) is 19.1 Å². The van der Waals surface area contributed by atoms with E-state index in [1.807, 2.05) is 12.3 Å². The van der Waals surface area contributed by atoms with Crippen LogP contribution < -0.4 is 0 Å². The van der Waals surface area contributed by atoms with Crippen LogP contribution in [0.15, 0.2) is 35.8 Å². The highest BCUT2D eigenvalue weighted by Crippen LogP contribution is 2.26. The van der Waals surface area contributed by atoms with Crippen LogP contribution in [-0.4, -0.2) is 4.98 Å². The van der Waals surface area contributed by atoms with E-state index in [-0.39, 0.29) is 0 Å². The van der Waals surface area contributed by atoms with Crippen molar-refractivity contribution in [2.24, 2.45) is 0 Å². The summed E-state index contributed by atoms with van der Waals surface area (Å²) in [5, 5.41) is 2.10. The van der Waals surface area contributed by atoms with Gasteiger partial charge in [0.2, 0.25) is 0 Å². The van der Waals surface area contributed by atoms with Gasteiger partial charge in [0.15, 0.2) is 0 Å². The molecule has 0 aliphatic rings. The van der Waals surface area contributed by atoms with Crippen molar-refractivity contribution in [3.05, 3.63) is 41.5 Å². The molecule has 0 aliphatic carbocycles. The number of thiophene rings is 1. The van der Waals surface area contributed by atoms with Crippen LogP contribution in [0, 0.1) is 0 Å². The summed E-state index contributed by atoms with van der Waals surface area (Å²) in [6, 6.07) is 8.35. The molecule has 0 saturated carbocycles. The zero-order valence-electron chi connectivity index (χ0n) is 7.53. The van der Waals surface area contributed by atoms with Crippen molar-refractivity contribution in [3.63, 3.8) is 0 Å². The van der Waals surface area contributed by atoms with Crippen molar-refractivity contribution in [1.29, 1.82) is 0 Å². The monoisotopic (exact) mass is 189 g/mol. The number of hydrogen-bond donors (Lipinski definition) is 0. The maximum atomic E-state index is 4.36. The van der Waals surface area contributed by atoms with Gasteiger partial charge in [-0.2, -0.15) is 0 Å². The zero-order chi connectivity index (χ0) is 9.10. The minimum atomic E-state index is 0.994. The molecule has 13 heavy (non-hydrogen) atoms. The number of aromatic nitrogens is 1. The Bertz CT molecular complexity index is 379. The first-order chi connectivity index (χ1) is 6.42. The van der Waals surface area contributed by atoms with E-state index >= 15 is 0 Å². The summed E-state index contributed by atoms with van der Waals surface area (Å²) in [5.41, 5.74) is 2.46. The highest BCUT2D eigenvalue weighted by atomic mass is 32.1. The van der Waals surface area contributed by atoms with Crippen molar-refractivity contribution >= 4 is 11.3 Å². The van der Waals surface area contributed by atoms with E-state index in [4.69, 9.17) is 0 Å². The first-order valence-electron chi connectivity index (χ1n) is 4.39. The molecule has 0 N–H and O–H groups in total. The third-order valence-corrected chi connectivity index (χ3v) is 2.91. The van der Waals surface area contributed by atoms with Gasteiger partial charge in [0.1, 0.15) is 0 Å². The van der Waals surface area contributed by atoms with Gasteiger partial charge in [-0.25, -0.2) is 0 Å². The Kier molecular flexibility index (Phi) is 2.41. The molecule has 1 nitrogen and oxygen atoms in total. The van der Waals surface area contributed by atoms with E-state index in [2.05, 4.69) is 35.5 Å². The summed E-state index contributed by atoms with van der Waals surface area (Å²) < 4.78 is 0. The molecule has 0 unspecified atom stereocenters. The van der Waals surface area contributed by atoms with Crippen LogP contribution in [0.3, 0.4) is 0 Å². The van der Waals surface area contributed by atoms with E-state index in [1.165, 1.54) is 16.1 Å². The summed E-state index contributed by atoms with van der Waals surface area (Å²) in [5.74, 6) is 0. The number of nitrogens with zero attached hydrogens (tertiary/aromatic N) is 1. The first kappa shape index (κ1) is 8.45. The normalized spacial score (nSPS) is 10.2. The molecule has 0 aliphatic heterocycles. The van der Waals surface area contributed by atoms with Crippen LogP contribution >= 0.6 is 11.3 Å². The van der Waals surface area contributed by atoms with Crippen LogP contribution in [-0.2, 0) is 6.42 Å². The average molecular weight is 189 g/mol. The average Bonchev–Trinajstić information content (AvgIpc) is 2.70. The second-order valence-electron chi connectivity index (χ2n) is 2.83. The van der Waals surface area contributed by atoms with E-state index in [0.717, 1.165) is 6.42 Å². The van der Waals surface area contributed by atoms with Gasteiger partial charge in [0, 0.05) is 22.3 Å². The van der Waals surface area contributed by atoms with Gasteiger partial charge in [-0.15, -0.1) is 11.3 Å². The fourth-order valence-electron chi connectivity index (χ4n) is 1.38. The fraction of sp³-hybridized carbons (Fsp3) is 0.182. The molecule has 2 heterocycles. The second kappa shape index (κ2) is 3.71. The fourth-order valence-corrected chi connectivity index (χ4v) is 2.15. The van der Waals surface area contributed by atoms with E-state index in [9.17, 15) is 0 Å². The summed E-state index contributed by atoms with van der Waals surface area (Å²) in [7, 11) is 0.